The first kappa shape index (κ1) is 14.2. The minimum absolute atomic E-state index is 0.167. The molecule has 4 nitrogen and oxygen atoms in total. The quantitative estimate of drug-likeness (QED) is 0.596. The van der Waals surface area contributed by atoms with Crippen LogP contribution in [0.15, 0.2) is 18.2 Å². The van der Waals surface area contributed by atoms with Crippen LogP contribution < -0.4 is 0 Å². The normalized spacial score (nSPS) is 9.25. The van der Waals surface area contributed by atoms with Crippen LogP contribution in [0.2, 0.25) is 0 Å². The molecular formula is C12H16O4. The molecule has 0 fully saturated rings. The maximum Gasteiger partial charge on any atom is 0.368 e. The molecule has 0 bridgehead atoms. The molecule has 88 valence electrons. The molecule has 0 saturated heterocycles. The Bertz CT molecular complexity index is 369. The molecule has 16 heavy (non-hydrogen) atoms. The lowest BCUT2D eigenvalue weighted by atomic mass is 10.0. The summed E-state index contributed by atoms with van der Waals surface area (Å²) in [5, 5.41) is 16.7. The Morgan fingerprint density at radius 2 is 1.88 bits per heavy atom. The summed E-state index contributed by atoms with van der Waals surface area (Å²) in [5.41, 5.74) is 2.13. The lowest BCUT2D eigenvalue weighted by Gasteiger charge is -2.06. The van der Waals surface area contributed by atoms with Gasteiger partial charge in [-0.15, -0.1) is 0 Å². The number of carboxylic acids is 1. The average Bonchev–Trinajstić information content (AvgIpc) is 2.22. The van der Waals surface area contributed by atoms with E-state index in [-0.39, 0.29) is 6.29 Å². The van der Waals surface area contributed by atoms with Crippen molar-refractivity contribution in [1.82, 2.24) is 0 Å². The van der Waals surface area contributed by atoms with Gasteiger partial charge in [0.25, 0.3) is 0 Å². The highest BCUT2D eigenvalue weighted by molar-refractivity contribution is 6.19. The van der Waals surface area contributed by atoms with Crippen LogP contribution in [0.25, 0.3) is 0 Å². The molecule has 0 unspecified atom stereocenters. The van der Waals surface area contributed by atoms with Crippen LogP contribution in [0.5, 0.6) is 5.75 Å². The lowest BCUT2D eigenvalue weighted by molar-refractivity contribution is -0.143. The van der Waals surface area contributed by atoms with E-state index < -0.39 is 5.97 Å². The highest BCUT2D eigenvalue weighted by Crippen LogP contribution is 2.22. The Morgan fingerprint density at radius 3 is 2.19 bits per heavy atom. The van der Waals surface area contributed by atoms with Gasteiger partial charge in [0, 0.05) is 0 Å². The molecule has 1 aromatic carbocycles. The van der Waals surface area contributed by atoms with E-state index in [1.54, 1.807) is 0 Å². The second-order valence-corrected chi connectivity index (χ2v) is 3.66. The van der Waals surface area contributed by atoms with Gasteiger partial charge in [0.1, 0.15) is 5.75 Å². The van der Waals surface area contributed by atoms with Gasteiger partial charge in [0.05, 0.1) is 0 Å². The van der Waals surface area contributed by atoms with Crippen LogP contribution >= 0.6 is 0 Å². The van der Waals surface area contributed by atoms with E-state index in [1.165, 1.54) is 5.56 Å². The van der Waals surface area contributed by atoms with Crippen molar-refractivity contribution in [3.63, 3.8) is 0 Å². The number of carbonyl (C=O) groups excluding carboxylic acids is 1. The molecule has 2 N–H and O–H groups in total. The number of benzene rings is 1. The summed E-state index contributed by atoms with van der Waals surface area (Å²) in [7, 11) is 0. The average molecular weight is 224 g/mol. The molecule has 4 heteroatoms. The summed E-state index contributed by atoms with van der Waals surface area (Å²) in [5.74, 6) is -0.539. The van der Waals surface area contributed by atoms with Gasteiger partial charge >= 0.3 is 5.97 Å². The largest absolute Gasteiger partial charge is 0.508 e. The molecule has 0 saturated carbocycles. The van der Waals surface area contributed by atoms with Crippen molar-refractivity contribution in [2.45, 2.75) is 26.7 Å². The van der Waals surface area contributed by atoms with Gasteiger partial charge in [0.2, 0.25) is 6.29 Å². The third-order valence-electron chi connectivity index (χ3n) is 2.00. The summed E-state index contributed by atoms with van der Waals surface area (Å²) in [4.78, 5) is 17.9. The fourth-order valence-electron chi connectivity index (χ4n) is 0.986. The minimum Gasteiger partial charge on any atom is -0.508 e. The van der Waals surface area contributed by atoms with E-state index >= 15 is 0 Å². The number of carboxylic acid groups (broad SMARTS) is 1. The Kier molecular flexibility index (Phi) is 5.85. The predicted molar refractivity (Wildman–Crippen MR) is 60.6 cm³/mol. The summed E-state index contributed by atoms with van der Waals surface area (Å²) in [6.45, 7) is 6.13. The van der Waals surface area contributed by atoms with Crippen molar-refractivity contribution >= 4 is 12.3 Å². The monoisotopic (exact) mass is 224 g/mol. The van der Waals surface area contributed by atoms with E-state index in [0.717, 1.165) is 5.56 Å². The topological polar surface area (TPSA) is 74.6 Å². The van der Waals surface area contributed by atoms with Crippen molar-refractivity contribution in [1.29, 1.82) is 0 Å². The molecule has 1 rings (SSSR count). The van der Waals surface area contributed by atoms with Crippen LogP contribution in [-0.2, 0) is 9.59 Å². The molecular weight excluding hydrogens is 208 g/mol. The minimum atomic E-state index is -1.43. The Labute approximate surface area is 94.5 Å². The molecule has 0 aromatic heterocycles. The Morgan fingerprint density at radius 1 is 1.38 bits per heavy atom. The molecule has 0 radical (unpaired) electrons. The van der Waals surface area contributed by atoms with Crippen LogP contribution in [-0.4, -0.2) is 22.5 Å². The number of phenols is 1. The van der Waals surface area contributed by atoms with E-state index in [1.807, 2.05) is 19.1 Å². The van der Waals surface area contributed by atoms with E-state index in [0.29, 0.717) is 11.7 Å². The summed E-state index contributed by atoms with van der Waals surface area (Å²) in [6, 6.07) is 5.84. The van der Waals surface area contributed by atoms with Crippen molar-refractivity contribution in [2.75, 3.05) is 0 Å². The molecule has 0 aliphatic carbocycles. The van der Waals surface area contributed by atoms with Gasteiger partial charge in [-0.05, 0) is 30.0 Å². The Hall–Kier alpha value is -1.84. The van der Waals surface area contributed by atoms with E-state index in [9.17, 15) is 5.11 Å². The lowest BCUT2D eigenvalue weighted by Crippen LogP contribution is -1.91. The fraction of sp³-hybridized carbons (Fsp3) is 0.333. The van der Waals surface area contributed by atoms with Crippen molar-refractivity contribution < 1.29 is 19.8 Å². The van der Waals surface area contributed by atoms with Crippen LogP contribution in [0, 0.1) is 6.92 Å². The second kappa shape index (κ2) is 6.61. The number of aliphatic carboxylic acids is 1. The first-order chi connectivity index (χ1) is 7.38. The standard InChI is InChI=1S/C10H14O.C2H2O3/c1-7(2)9-5-4-8(3)10(11)6-9;3-1-2(4)5/h4-7,11H,1-3H3;1H,(H,4,5). The van der Waals surface area contributed by atoms with E-state index in [4.69, 9.17) is 14.7 Å². The second-order valence-electron chi connectivity index (χ2n) is 3.66. The first-order valence-electron chi connectivity index (χ1n) is 4.86. The van der Waals surface area contributed by atoms with Crippen molar-refractivity contribution in [2.24, 2.45) is 0 Å². The van der Waals surface area contributed by atoms with Gasteiger partial charge in [-0.1, -0.05) is 26.0 Å². The molecule has 0 atom stereocenters. The third-order valence-corrected chi connectivity index (χ3v) is 2.00. The van der Waals surface area contributed by atoms with Crippen molar-refractivity contribution in [3.8, 4) is 5.75 Å². The zero-order chi connectivity index (χ0) is 12.7. The molecule has 0 aliphatic rings. The van der Waals surface area contributed by atoms with Gasteiger partial charge < -0.3 is 10.2 Å². The summed E-state index contributed by atoms with van der Waals surface area (Å²) < 4.78 is 0. The zero-order valence-corrected chi connectivity index (χ0v) is 9.60. The highest BCUT2D eigenvalue weighted by Gasteiger charge is 2.00. The van der Waals surface area contributed by atoms with Crippen LogP contribution in [0.3, 0.4) is 0 Å². The van der Waals surface area contributed by atoms with Crippen LogP contribution in [0.4, 0.5) is 0 Å². The predicted octanol–water partition coefficient (Wildman–Crippen LogP) is 2.09. The molecule has 0 heterocycles. The number of hydrogen-bond donors (Lipinski definition) is 2. The third kappa shape index (κ3) is 5.14. The van der Waals surface area contributed by atoms with Crippen LogP contribution in [0.1, 0.15) is 30.9 Å². The van der Waals surface area contributed by atoms with E-state index in [2.05, 4.69) is 19.9 Å². The molecule has 1 aromatic rings. The number of rotatable bonds is 2. The number of carbonyl (C=O) groups is 2. The number of aryl methyl sites for hydroxylation is 1. The number of phenolic OH excluding ortho intramolecular Hbond substituents is 1. The zero-order valence-electron chi connectivity index (χ0n) is 9.60. The number of aldehydes is 1. The first-order valence-corrected chi connectivity index (χ1v) is 4.86. The highest BCUT2D eigenvalue weighted by atomic mass is 16.4. The SMILES string of the molecule is Cc1ccc(C(C)C)cc1O.O=CC(=O)O. The van der Waals surface area contributed by atoms with Gasteiger partial charge in [-0.3, -0.25) is 4.79 Å². The number of aromatic hydroxyl groups is 1. The molecule has 0 amide bonds. The molecule has 0 spiro atoms. The van der Waals surface area contributed by atoms with Gasteiger partial charge in [-0.25, -0.2) is 4.79 Å². The maximum absolute atomic E-state index is 9.35. The maximum atomic E-state index is 9.35. The fourth-order valence-corrected chi connectivity index (χ4v) is 0.986. The molecule has 0 aliphatic heterocycles. The Balaban J connectivity index is 0.000000385. The number of hydrogen-bond acceptors (Lipinski definition) is 3. The van der Waals surface area contributed by atoms with Gasteiger partial charge in [-0.2, -0.15) is 0 Å². The van der Waals surface area contributed by atoms with Gasteiger partial charge in [0.15, 0.2) is 0 Å². The summed E-state index contributed by atoms with van der Waals surface area (Å²) >= 11 is 0. The summed E-state index contributed by atoms with van der Waals surface area (Å²) in [6.07, 6.45) is -0.167. The smallest absolute Gasteiger partial charge is 0.368 e. The van der Waals surface area contributed by atoms with Crippen molar-refractivity contribution in [3.05, 3.63) is 29.3 Å².